The molecule has 1 unspecified atom stereocenters. The summed E-state index contributed by atoms with van der Waals surface area (Å²) in [6, 6.07) is 6.96. The fourth-order valence-electron chi connectivity index (χ4n) is 1.44. The fourth-order valence-corrected chi connectivity index (χ4v) is 2.41. The maximum absolute atomic E-state index is 11.7. The molecule has 0 aliphatic heterocycles. The molecule has 0 bridgehead atoms. The lowest BCUT2D eigenvalue weighted by molar-refractivity contribution is 0.338. The smallest absolute Gasteiger partial charge is 0.267 e. The average Bonchev–Trinajstić information content (AvgIpc) is 2.28. The summed E-state index contributed by atoms with van der Waals surface area (Å²) >= 11 is 0. The first-order valence-corrected chi connectivity index (χ1v) is 6.91. The number of rotatable bonds is 5. The van der Waals surface area contributed by atoms with E-state index in [1.165, 1.54) is 0 Å². The molecule has 0 aliphatic carbocycles. The maximum atomic E-state index is 11.7. The van der Waals surface area contributed by atoms with E-state index in [1.54, 1.807) is 25.1 Å². The number of hydrogen-bond donors (Lipinski definition) is 0. The molecule has 0 radical (unpaired) electrons. The molecule has 16 heavy (non-hydrogen) atoms. The van der Waals surface area contributed by atoms with Crippen LogP contribution in [0.4, 0.5) is 0 Å². The summed E-state index contributed by atoms with van der Waals surface area (Å²) in [4.78, 5) is 0.243. The van der Waals surface area contributed by atoms with Crippen molar-refractivity contribution in [3.63, 3.8) is 0 Å². The third kappa shape index (κ3) is 3.06. The predicted molar refractivity (Wildman–Crippen MR) is 64.0 cm³/mol. The Bertz CT molecular complexity index is 437. The summed E-state index contributed by atoms with van der Waals surface area (Å²) in [7, 11) is -3.57. The molecule has 1 rings (SSSR count). The lowest BCUT2D eigenvalue weighted by Gasteiger charge is -2.10. The van der Waals surface area contributed by atoms with Gasteiger partial charge in [0, 0.05) is 0 Å². The Morgan fingerprint density at radius 1 is 1.31 bits per heavy atom. The van der Waals surface area contributed by atoms with Gasteiger partial charge in [0.1, 0.15) is 0 Å². The van der Waals surface area contributed by atoms with Gasteiger partial charge >= 0.3 is 0 Å². The van der Waals surface area contributed by atoms with Gasteiger partial charge in [0.15, 0.2) is 0 Å². The van der Waals surface area contributed by atoms with Crippen LogP contribution in [-0.2, 0) is 14.3 Å². The van der Waals surface area contributed by atoms with Crippen molar-refractivity contribution in [2.45, 2.75) is 38.0 Å². The monoisotopic (exact) mass is 242 g/mol. The Balaban J connectivity index is 3.08. The summed E-state index contributed by atoms with van der Waals surface area (Å²) < 4.78 is 28.1. The highest BCUT2D eigenvalue weighted by Gasteiger charge is 2.15. The number of benzene rings is 1. The van der Waals surface area contributed by atoms with E-state index in [4.69, 9.17) is 4.18 Å². The quantitative estimate of drug-likeness (QED) is 0.746. The van der Waals surface area contributed by atoms with Crippen LogP contribution in [0.25, 0.3) is 0 Å². The van der Waals surface area contributed by atoms with Crippen molar-refractivity contribution in [3.8, 4) is 0 Å². The Morgan fingerprint density at radius 2 is 2.00 bits per heavy atom. The van der Waals surface area contributed by atoms with Crippen molar-refractivity contribution < 1.29 is 12.6 Å². The van der Waals surface area contributed by atoms with Gasteiger partial charge in [0.25, 0.3) is 10.1 Å². The minimum atomic E-state index is -3.57. The van der Waals surface area contributed by atoms with Crippen LogP contribution >= 0.6 is 0 Å². The second kappa shape index (κ2) is 5.46. The first-order chi connectivity index (χ1) is 7.51. The van der Waals surface area contributed by atoms with Gasteiger partial charge in [0.2, 0.25) is 0 Å². The molecule has 0 saturated heterocycles. The Kier molecular flexibility index (Phi) is 4.50. The van der Waals surface area contributed by atoms with Gasteiger partial charge in [0.05, 0.1) is 11.5 Å². The maximum Gasteiger partial charge on any atom is 0.296 e. The third-order valence-corrected chi connectivity index (χ3v) is 3.98. The van der Waals surface area contributed by atoms with Crippen molar-refractivity contribution in [2.24, 2.45) is 0 Å². The highest BCUT2D eigenvalue weighted by atomic mass is 32.2. The lowest BCUT2D eigenvalue weighted by atomic mass is 9.99. The average molecular weight is 242 g/mol. The highest BCUT2D eigenvalue weighted by Crippen LogP contribution is 2.22. The predicted octanol–water partition coefficient (Wildman–Crippen LogP) is 2.93. The second-order valence-electron chi connectivity index (χ2n) is 3.74. The van der Waals surface area contributed by atoms with Gasteiger partial charge in [-0.1, -0.05) is 26.0 Å². The van der Waals surface area contributed by atoms with E-state index in [0.29, 0.717) is 5.92 Å². The Labute approximate surface area is 97.6 Å². The van der Waals surface area contributed by atoms with E-state index in [-0.39, 0.29) is 11.5 Å². The summed E-state index contributed by atoms with van der Waals surface area (Å²) in [5.74, 6) is 0.358. The largest absolute Gasteiger partial charge is 0.296 e. The van der Waals surface area contributed by atoms with E-state index >= 15 is 0 Å². The van der Waals surface area contributed by atoms with Crippen LogP contribution in [0.5, 0.6) is 0 Å². The summed E-state index contributed by atoms with van der Waals surface area (Å²) in [5.41, 5.74) is 1.03. The van der Waals surface area contributed by atoms with Crippen molar-refractivity contribution in [1.82, 2.24) is 0 Å². The van der Waals surface area contributed by atoms with Crippen LogP contribution in [0.15, 0.2) is 29.2 Å². The van der Waals surface area contributed by atoms with Crippen LogP contribution in [-0.4, -0.2) is 15.0 Å². The molecule has 0 saturated carbocycles. The highest BCUT2D eigenvalue weighted by molar-refractivity contribution is 7.86. The standard InChI is InChI=1S/C12H18O3S/c1-4-10(3)11-7-6-8-12(9-11)16(13,14)15-5-2/h6-10H,4-5H2,1-3H3. The first kappa shape index (κ1) is 13.2. The molecule has 1 aromatic rings. The topological polar surface area (TPSA) is 43.4 Å². The van der Waals surface area contributed by atoms with Gasteiger partial charge in [-0.05, 0) is 37.0 Å². The molecule has 4 heteroatoms. The normalized spacial score (nSPS) is 13.7. The summed E-state index contributed by atoms with van der Waals surface area (Å²) in [5, 5.41) is 0. The van der Waals surface area contributed by atoms with Gasteiger partial charge in [-0.15, -0.1) is 0 Å². The molecule has 90 valence electrons. The molecule has 1 atom stereocenters. The Hall–Kier alpha value is -0.870. The molecule has 0 heterocycles. The molecule has 0 N–H and O–H groups in total. The zero-order valence-electron chi connectivity index (χ0n) is 9.93. The Morgan fingerprint density at radius 3 is 2.56 bits per heavy atom. The van der Waals surface area contributed by atoms with Gasteiger partial charge in [-0.3, -0.25) is 4.18 Å². The van der Waals surface area contributed by atoms with E-state index in [1.807, 2.05) is 6.07 Å². The first-order valence-electron chi connectivity index (χ1n) is 5.50. The van der Waals surface area contributed by atoms with Crippen molar-refractivity contribution >= 4 is 10.1 Å². The van der Waals surface area contributed by atoms with Crippen molar-refractivity contribution in [2.75, 3.05) is 6.61 Å². The summed E-state index contributed by atoms with van der Waals surface area (Å²) in [6.07, 6.45) is 0.984. The van der Waals surface area contributed by atoms with E-state index in [9.17, 15) is 8.42 Å². The molecule has 0 amide bonds. The molecule has 0 spiro atoms. The minimum absolute atomic E-state index is 0.163. The zero-order valence-corrected chi connectivity index (χ0v) is 10.8. The SMILES string of the molecule is CCOS(=O)(=O)c1cccc(C(C)CC)c1. The van der Waals surface area contributed by atoms with Crippen molar-refractivity contribution in [1.29, 1.82) is 0 Å². The van der Waals surface area contributed by atoms with Gasteiger partial charge in [-0.25, -0.2) is 0 Å². The molecule has 3 nitrogen and oxygen atoms in total. The van der Waals surface area contributed by atoms with E-state index < -0.39 is 10.1 Å². The molecule has 1 aromatic carbocycles. The van der Waals surface area contributed by atoms with Crippen molar-refractivity contribution in [3.05, 3.63) is 29.8 Å². The van der Waals surface area contributed by atoms with Crippen LogP contribution in [0, 0.1) is 0 Å². The van der Waals surface area contributed by atoms with E-state index in [0.717, 1.165) is 12.0 Å². The minimum Gasteiger partial charge on any atom is -0.267 e. The van der Waals surface area contributed by atoms with Gasteiger partial charge in [-0.2, -0.15) is 8.42 Å². The van der Waals surface area contributed by atoms with Crippen LogP contribution in [0.1, 0.15) is 38.7 Å². The van der Waals surface area contributed by atoms with Gasteiger partial charge < -0.3 is 0 Å². The molecule has 0 aliphatic rings. The lowest BCUT2D eigenvalue weighted by Crippen LogP contribution is -2.06. The van der Waals surface area contributed by atoms with Crippen LogP contribution in [0.2, 0.25) is 0 Å². The fraction of sp³-hybridized carbons (Fsp3) is 0.500. The van der Waals surface area contributed by atoms with Crippen LogP contribution < -0.4 is 0 Å². The van der Waals surface area contributed by atoms with E-state index in [2.05, 4.69) is 13.8 Å². The van der Waals surface area contributed by atoms with Crippen LogP contribution in [0.3, 0.4) is 0 Å². The summed E-state index contributed by atoms with van der Waals surface area (Å²) in [6.45, 7) is 5.98. The molecular weight excluding hydrogens is 224 g/mol. The molecule has 0 aromatic heterocycles. The second-order valence-corrected chi connectivity index (χ2v) is 5.36. The third-order valence-electron chi connectivity index (χ3n) is 2.60. The molecule has 0 fully saturated rings. The zero-order chi connectivity index (χ0) is 12.2. The molecular formula is C12H18O3S. The number of hydrogen-bond acceptors (Lipinski definition) is 3.